The number of ether oxygens (including phenoxy) is 1. The quantitative estimate of drug-likeness (QED) is 0.913. The lowest BCUT2D eigenvalue weighted by molar-refractivity contribution is 0.244. The molecule has 0 aliphatic heterocycles. The topological polar surface area (TPSA) is 55.4 Å². The van der Waals surface area contributed by atoms with Crippen molar-refractivity contribution in [2.24, 2.45) is 0 Å². The zero-order valence-electron chi connectivity index (χ0n) is 12.0. The van der Waals surface area contributed by atoms with Crippen molar-refractivity contribution in [1.29, 1.82) is 0 Å². The van der Waals surface area contributed by atoms with Crippen molar-refractivity contribution in [3.05, 3.63) is 54.1 Å². The molecule has 0 radical (unpaired) electrons. The summed E-state index contributed by atoms with van der Waals surface area (Å²) < 4.78 is 58.4. The smallest absolute Gasteiger partial charge is 0.262 e. The van der Waals surface area contributed by atoms with Crippen molar-refractivity contribution in [1.82, 2.24) is 0 Å². The molecule has 2 rings (SSSR count). The molecule has 118 valence electrons. The Hall–Kier alpha value is -2.15. The fraction of sp³-hybridized carbons (Fsp3) is 0.200. The standard InChI is InChI=1S/C15H15F2NO3S/c1-10(2)21-15-6-4-3-5-14(15)18-22(19,20)11-7-8-12(16)13(17)9-11/h3-10,18H,1-2H3. The number of sulfonamides is 1. The largest absolute Gasteiger partial charge is 0.489 e. The highest BCUT2D eigenvalue weighted by molar-refractivity contribution is 7.92. The van der Waals surface area contributed by atoms with Gasteiger partial charge in [0.25, 0.3) is 10.0 Å². The molecule has 0 spiro atoms. The van der Waals surface area contributed by atoms with Crippen LogP contribution in [-0.2, 0) is 10.0 Å². The van der Waals surface area contributed by atoms with Gasteiger partial charge in [0.1, 0.15) is 5.75 Å². The number of para-hydroxylation sites is 2. The number of anilines is 1. The van der Waals surface area contributed by atoms with E-state index in [4.69, 9.17) is 4.74 Å². The van der Waals surface area contributed by atoms with E-state index in [1.807, 2.05) is 0 Å². The first-order chi connectivity index (χ1) is 10.3. The van der Waals surface area contributed by atoms with E-state index < -0.39 is 21.7 Å². The molecule has 1 N–H and O–H groups in total. The lowest BCUT2D eigenvalue weighted by atomic mass is 10.3. The predicted molar refractivity (Wildman–Crippen MR) is 79.4 cm³/mol. The van der Waals surface area contributed by atoms with Gasteiger partial charge in [-0.05, 0) is 44.2 Å². The van der Waals surface area contributed by atoms with E-state index in [1.165, 1.54) is 6.07 Å². The summed E-state index contributed by atoms with van der Waals surface area (Å²) in [4.78, 5) is -0.370. The van der Waals surface area contributed by atoms with Crippen molar-refractivity contribution >= 4 is 15.7 Å². The normalized spacial score (nSPS) is 11.5. The van der Waals surface area contributed by atoms with Gasteiger partial charge in [0, 0.05) is 0 Å². The molecule has 2 aromatic carbocycles. The Labute approximate surface area is 127 Å². The van der Waals surface area contributed by atoms with E-state index >= 15 is 0 Å². The van der Waals surface area contributed by atoms with Gasteiger partial charge in [-0.1, -0.05) is 12.1 Å². The molecule has 0 bridgehead atoms. The lowest BCUT2D eigenvalue weighted by Gasteiger charge is -2.15. The highest BCUT2D eigenvalue weighted by Crippen LogP contribution is 2.27. The first kappa shape index (κ1) is 16.2. The number of rotatable bonds is 5. The predicted octanol–water partition coefficient (Wildman–Crippen LogP) is 3.55. The third-order valence-corrected chi connectivity index (χ3v) is 4.06. The molecule has 2 aromatic rings. The van der Waals surface area contributed by atoms with Crippen LogP contribution in [0, 0.1) is 11.6 Å². The number of hydrogen-bond acceptors (Lipinski definition) is 3. The number of hydrogen-bond donors (Lipinski definition) is 1. The molecule has 0 unspecified atom stereocenters. The SMILES string of the molecule is CC(C)Oc1ccccc1NS(=O)(=O)c1ccc(F)c(F)c1. The minimum atomic E-state index is -4.05. The van der Waals surface area contributed by atoms with Crippen LogP contribution in [0.5, 0.6) is 5.75 Å². The number of nitrogens with one attached hydrogen (secondary N) is 1. The molecule has 7 heteroatoms. The second-order valence-electron chi connectivity index (χ2n) is 4.84. The summed E-state index contributed by atoms with van der Waals surface area (Å²) in [6.07, 6.45) is -0.145. The second-order valence-corrected chi connectivity index (χ2v) is 6.53. The zero-order valence-corrected chi connectivity index (χ0v) is 12.8. The summed E-state index contributed by atoms with van der Waals surface area (Å²) >= 11 is 0. The van der Waals surface area contributed by atoms with E-state index in [0.29, 0.717) is 11.8 Å². The van der Waals surface area contributed by atoms with Crippen LogP contribution >= 0.6 is 0 Å². The van der Waals surface area contributed by atoms with Crippen LogP contribution in [0.3, 0.4) is 0 Å². The molecule has 0 atom stereocenters. The first-order valence-electron chi connectivity index (χ1n) is 6.53. The third kappa shape index (κ3) is 3.73. The molecule has 0 saturated heterocycles. The number of benzene rings is 2. The molecule has 4 nitrogen and oxygen atoms in total. The van der Waals surface area contributed by atoms with Gasteiger partial charge < -0.3 is 4.74 Å². The Bertz CT molecular complexity index is 776. The average Bonchev–Trinajstić information content (AvgIpc) is 2.43. The molecule has 0 aromatic heterocycles. The molecule has 0 saturated carbocycles. The maximum absolute atomic E-state index is 13.2. The summed E-state index contributed by atoms with van der Waals surface area (Å²) in [5.74, 6) is -1.99. The van der Waals surface area contributed by atoms with E-state index in [9.17, 15) is 17.2 Å². The first-order valence-corrected chi connectivity index (χ1v) is 8.01. The van der Waals surface area contributed by atoms with Crippen molar-refractivity contribution in [2.45, 2.75) is 24.8 Å². The minimum absolute atomic E-state index is 0.145. The van der Waals surface area contributed by atoms with Gasteiger partial charge in [0.2, 0.25) is 0 Å². The lowest BCUT2D eigenvalue weighted by Crippen LogP contribution is -2.15. The molecule has 22 heavy (non-hydrogen) atoms. The number of halogens is 2. The van der Waals surface area contributed by atoms with Gasteiger partial charge in [-0.15, -0.1) is 0 Å². The fourth-order valence-corrected chi connectivity index (χ4v) is 2.84. The van der Waals surface area contributed by atoms with Crippen LogP contribution < -0.4 is 9.46 Å². The minimum Gasteiger partial charge on any atom is -0.489 e. The van der Waals surface area contributed by atoms with Crippen LogP contribution in [0.1, 0.15) is 13.8 Å². The maximum Gasteiger partial charge on any atom is 0.262 e. The Balaban J connectivity index is 2.35. The van der Waals surface area contributed by atoms with Crippen LogP contribution in [0.25, 0.3) is 0 Å². The van der Waals surface area contributed by atoms with E-state index in [0.717, 1.165) is 12.1 Å². The Morgan fingerprint density at radius 1 is 1.05 bits per heavy atom. The van der Waals surface area contributed by atoms with Crippen molar-refractivity contribution < 1.29 is 21.9 Å². The van der Waals surface area contributed by atoms with E-state index in [-0.39, 0.29) is 16.7 Å². The molecule has 0 heterocycles. The van der Waals surface area contributed by atoms with Crippen LogP contribution in [0.4, 0.5) is 14.5 Å². The third-order valence-electron chi connectivity index (χ3n) is 2.70. The van der Waals surface area contributed by atoms with E-state index in [2.05, 4.69) is 4.72 Å². The average molecular weight is 327 g/mol. The molecule has 0 amide bonds. The van der Waals surface area contributed by atoms with Crippen molar-refractivity contribution in [3.63, 3.8) is 0 Å². The van der Waals surface area contributed by atoms with E-state index in [1.54, 1.807) is 32.0 Å². The molecule has 0 fully saturated rings. The van der Waals surface area contributed by atoms with Gasteiger partial charge in [0.15, 0.2) is 11.6 Å². The van der Waals surface area contributed by atoms with Crippen LogP contribution in [0.15, 0.2) is 47.4 Å². The Kier molecular flexibility index (Phi) is 4.65. The summed E-state index contributed by atoms with van der Waals surface area (Å²) in [7, 11) is -4.05. The summed E-state index contributed by atoms with van der Waals surface area (Å²) in [6.45, 7) is 3.61. The van der Waals surface area contributed by atoms with Crippen LogP contribution in [-0.4, -0.2) is 14.5 Å². The molecule has 0 aliphatic rings. The molecular weight excluding hydrogens is 312 g/mol. The summed E-state index contributed by atoms with van der Waals surface area (Å²) in [6, 6.07) is 8.86. The Morgan fingerprint density at radius 3 is 2.36 bits per heavy atom. The monoisotopic (exact) mass is 327 g/mol. The highest BCUT2D eigenvalue weighted by atomic mass is 32.2. The zero-order chi connectivity index (χ0) is 16.3. The van der Waals surface area contributed by atoms with Gasteiger partial charge in [-0.2, -0.15) is 0 Å². The second kappa shape index (κ2) is 6.31. The molecular formula is C15H15F2NO3S. The highest BCUT2D eigenvalue weighted by Gasteiger charge is 2.18. The van der Waals surface area contributed by atoms with Crippen molar-refractivity contribution in [2.75, 3.05) is 4.72 Å². The Morgan fingerprint density at radius 2 is 1.73 bits per heavy atom. The summed E-state index contributed by atoms with van der Waals surface area (Å²) in [5, 5.41) is 0. The van der Waals surface area contributed by atoms with Gasteiger partial charge >= 0.3 is 0 Å². The maximum atomic E-state index is 13.2. The fourth-order valence-electron chi connectivity index (χ4n) is 1.76. The van der Waals surface area contributed by atoms with Crippen molar-refractivity contribution in [3.8, 4) is 5.75 Å². The summed E-state index contributed by atoms with van der Waals surface area (Å²) in [5.41, 5.74) is 0.223. The van der Waals surface area contributed by atoms with Gasteiger partial charge in [-0.25, -0.2) is 17.2 Å². The van der Waals surface area contributed by atoms with Crippen LogP contribution in [0.2, 0.25) is 0 Å². The van der Waals surface area contributed by atoms with Gasteiger partial charge in [-0.3, -0.25) is 4.72 Å². The molecule has 0 aliphatic carbocycles. The van der Waals surface area contributed by atoms with Gasteiger partial charge in [0.05, 0.1) is 16.7 Å².